The van der Waals surface area contributed by atoms with Gasteiger partial charge in [-0.25, -0.2) is 0 Å². The van der Waals surface area contributed by atoms with Crippen LogP contribution in [0.3, 0.4) is 0 Å². The van der Waals surface area contributed by atoms with Crippen LogP contribution >= 0.6 is 27.5 Å². The van der Waals surface area contributed by atoms with Gasteiger partial charge in [-0.3, -0.25) is 4.98 Å². The van der Waals surface area contributed by atoms with Gasteiger partial charge in [0.2, 0.25) is 0 Å². The molecule has 1 aromatic heterocycles. The lowest BCUT2D eigenvalue weighted by molar-refractivity contribution is 1.10. The summed E-state index contributed by atoms with van der Waals surface area (Å²) in [6.45, 7) is 2.74. The number of rotatable bonds is 3. The fourth-order valence-electron chi connectivity index (χ4n) is 1.54. The van der Waals surface area contributed by atoms with Crippen molar-refractivity contribution in [3.8, 4) is 0 Å². The molecule has 0 bridgehead atoms. The molecule has 2 rings (SSSR count). The molecule has 0 aliphatic heterocycles. The van der Waals surface area contributed by atoms with Gasteiger partial charge in [-0.2, -0.15) is 0 Å². The highest BCUT2D eigenvalue weighted by atomic mass is 79.9. The molecule has 1 heterocycles. The lowest BCUT2D eigenvalue weighted by Gasteiger charge is -2.09. The van der Waals surface area contributed by atoms with Gasteiger partial charge in [0.1, 0.15) is 0 Å². The van der Waals surface area contributed by atoms with E-state index in [0.717, 1.165) is 21.3 Å². The van der Waals surface area contributed by atoms with E-state index in [1.807, 2.05) is 37.5 Å². The average molecular weight is 312 g/mol. The summed E-state index contributed by atoms with van der Waals surface area (Å²) in [6, 6.07) is 7.85. The molecule has 0 radical (unpaired) electrons. The standard InChI is InChI=1S/C13H12BrClN2/c1-9-4-10(7-16-6-9)8-17-13-5-11(14)2-3-12(13)15/h2-7,17H,8H2,1H3. The molecular formula is C13H12BrClN2. The van der Waals surface area contributed by atoms with Crippen molar-refractivity contribution in [3.05, 3.63) is 57.3 Å². The van der Waals surface area contributed by atoms with Crippen molar-refractivity contribution in [2.75, 3.05) is 5.32 Å². The summed E-state index contributed by atoms with van der Waals surface area (Å²) in [5, 5.41) is 4.01. The Morgan fingerprint density at radius 3 is 2.88 bits per heavy atom. The first-order valence-electron chi connectivity index (χ1n) is 5.24. The predicted molar refractivity (Wildman–Crippen MR) is 75.5 cm³/mol. The molecule has 1 aromatic carbocycles. The van der Waals surface area contributed by atoms with Gasteiger partial charge >= 0.3 is 0 Å². The van der Waals surface area contributed by atoms with E-state index in [1.165, 1.54) is 0 Å². The number of aryl methyl sites for hydroxylation is 1. The van der Waals surface area contributed by atoms with Crippen LogP contribution in [0, 0.1) is 6.92 Å². The van der Waals surface area contributed by atoms with Crippen molar-refractivity contribution in [1.29, 1.82) is 0 Å². The summed E-state index contributed by atoms with van der Waals surface area (Å²) < 4.78 is 1.01. The van der Waals surface area contributed by atoms with Gasteiger partial charge < -0.3 is 5.32 Å². The number of hydrogen-bond acceptors (Lipinski definition) is 2. The summed E-state index contributed by atoms with van der Waals surface area (Å²) >= 11 is 9.52. The van der Waals surface area contributed by atoms with Crippen molar-refractivity contribution >= 4 is 33.2 Å². The summed E-state index contributed by atoms with van der Waals surface area (Å²) in [4.78, 5) is 4.15. The number of benzene rings is 1. The van der Waals surface area contributed by atoms with Crippen LogP contribution in [0.25, 0.3) is 0 Å². The Balaban J connectivity index is 2.09. The minimum absolute atomic E-state index is 0.713. The van der Waals surface area contributed by atoms with Crippen LogP contribution in [0.1, 0.15) is 11.1 Å². The van der Waals surface area contributed by atoms with Crippen molar-refractivity contribution in [2.24, 2.45) is 0 Å². The van der Waals surface area contributed by atoms with Gasteiger partial charge in [0.05, 0.1) is 10.7 Å². The number of pyridine rings is 1. The van der Waals surface area contributed by atoms with Crippen LogP contribution in [0.4, 0.5) is 5.69 Å². The lowest BCUT2D eigenvalue weighted by Crippen LogP contribution is -2.00. The van der Waals surface area contributed by atoms with Crippen LogP contribution < -0.4 is 5.32 Å². The highest BCUT2D eigenvalue weighted by molar-refractivity contribution is 9.10. The molecule has 0 unspecified atom stereocenters. The summed E-state index contributed by atoms with van der Waals surface area (Å²) in [5.41, 5.74) is 3.22. The smallest absolute Gasteiger partial charge is 0.0638 e. The highest BCUT2D eigenvalue weighted by Gasteiger charge is 2.01. The van der Waals surface area contributed by atoms with Crippen molar-refractivity contribution in [3.63, 3.8) is 0 Å². The van der Waals surface area contributed by atoms with E-state index in [9.17, 15) is 0 Å². The third-order valence-electron chi connectivity index (χ3n) is 2.34. The zero-order valence-electron chi connectivity index (χ0n) is 9.37. The molecule has 0 amide bonds. The van der Waals surface area contributed by atoms with Crippen LogP contribution in [-0.4, -0.2) is 4.98 Å². The summed E-state index contributed by atoms with van der Waals surface area (Å²) in [6.07, 6.45) is 3.70. The first-order chi connectivity index (χ1) is 8.15. The number of anilines is 1. The Kier molecular flexibility index (Phi) is 4.02. The van der Waals surface area contributed by atoms with Crippen LogP contribution in [0.5, 0.6) is 0 Å². The second-order valence-corrected chi connectivity index (χ2v) is 5.17. The van der Waals surface area contributed by atoms with E-state index in [2.05, 4.69) is 32.3 Å². The Hall–Kier alpha value is -1.06. The minimum Gasteiger partial charge on any atom is -0.380 e. The SMILES string of the molecule is Cc1cncc(CNc2cc(Br)ccc2Cl)c1. The maximum Gasteiger partial charge on any atom is 0.0638 e. The van der Waals surface area contributed by atoms with Crippen LogP contribution in [0.15, 0.2) is 41.1 Å². The van der Waals surface area contributed by atoms with Gasteiger partial charge in [-0.15, -0.1) is 0 Å². The largest absolute Gasteiger partial charge is 0.380 e. The number of nitrogens with zero attached hydrogens (tertiary/aromatic N) is 1. The summed E-state index contributed by atoms with van der Waals surface area (Å²) in [7, 11) is 0. The molecule has 0 saturated carbocycles. The second-order valence-electron chi connectivity index (χ2n) is 3.85. The molecule has 0 aliphatic carbocycles. The van der Waals surface area contributed by atoms with Gasteiger partial charge in [-0.05, 0) is 36.2 Å². The molecule has 0 spiro atoms. The Bertz CT molecular complexity index is 529. The molecule has 17 heavy (non-hydrogen) atoms. The van der Waals surface area contributed by atoms with Crippen molar-refractivity contribution in [1.82, 2.24) is 4.98 Å². The molecule has 1 N–H and O–H groups in total. The normalized spacial score (nSPS) is 10.3. The van der Waals surface area contributed by atoms with E-state index in [4.69, 9.17) is 11.6 Å². The quantitative estimate of drug-likeness (QED) is 0.907. The van der Waals surface area contributed by atoms with Gasteiger partial charge in [0.15, 0.2) is 0 Å². The zero-order chi connectivity index (χ0) is 12.3. The second kappa shape index (κ2) is 5.52. The van der Waals surface area contributed by atoms with E-state index < -0.39 is 0 Å². The Morgan fingerprint density at radius 1 is 1.29 bits per heavy atom. The lowest BCUT2D eigenvalue weighted by atomic mass is 10.2. The van der Waals surface area contributed by atoms with Gasteiger partial charge in [0, 0.05) is 23.4 Å². The van der Waals surface area contributed by atoms with Crippen molar-refractivity contribution in [2.45, 2.75) is 13.5 Å². The fraction of sp³-hybridized carbons (Fsp3) is 0.154. The third kappa shape index (κ3) is 3.45. The topological polar surface area (TPSA) is 24.9 Å². The van der Waals surface area contributed by atoms with Gasteiger partial charge in [0.25, 0.3) is 0 Å². The van der Waals surface area contributed by atoms with Crippen LogP contribution in [0.2, 0.25) is 5.02 Å². The maximum atomic E-state index is 6.09. The Morgan fingerprint density at radius 2 is 2.12 bits per heavy atom. The number of halogens is 2. The summed E-state index contributed by atoms with van der Waals surface area (Å²) in [5.74, 6) is 0. The average Bonchev–Trinajstić information content (AvgIpc) is 2.30. The van der Waals surface area contributed by atoms with Crippen LogP contribution in [-0.2, 0) is 6.54 Å². The van der Waals surface area contributed by atoms with Gasteiger partial charge in [-0.1, -0.05) is 33.6 Å². The first-order valence-corrected chi connectivity index (χ1v) is 6.42. The highest BCUT2D eigenvalue weighted by Crippen LogP contribution is 2.26. The molecule has 0 atom stereocenters. The van der Waals surface area contributed by atoms with E-state index in [1.54, 1.807) is 0 Å². The number of aromatic nitrogens is 1. The molecule has 2 nitrogen and oxygen atoms in total. The molecule has 0 aliphatic rings. The molecule has 0 fully saturated rings. The van der Waals surface area contributed by atoms with E-state index in [-0.39, 0.29) is 0 Å². The van der Waals surface area contributed by atoms with E-state index >= 15 is 0 Å². The fourth-order valence-corrected chi connectivity index (χ4v) is 2.09. The number of hydrogen-bond donors (Lipinski definition) is 1. The molecule has 0 saturated heterocycles. The van der Waals surface area contributed by atoms with Crippen molar-refractivity contribution < 1.29 is 0 Å². The molecule has 88 valence electrons. The minimum atomic E-state index is 0.713. The van der Waals surface area contributed by atoms with E-state index in [0.29, 0.717) is 11.6 Å². The maximum absolute atomic E-state index is 6.09. The molecular weight excluding hydrogens is 300 g/mol. The third-order valence-corrected chi connectivity index (χ3v) is 3.17. The Labute approximate surface area is 114 Å². The predicted octanol–water partition coefficient (Wildman–Crippen LogP) is 4.42. The zero-order valence-corrected chi connectivity index (χ0v) is 11.7. The first kappa shape index (κ1) is 12.4. The monoisotopic (exact) mass is 310 g/mol. The number of nitrogens with one attached hydrogen (secondary N) is 1. The molecule has 2 aromatic rings. The molecule has 4 heteroatoms.